The zero-order chi connectivity index (χ0) is 16.4. The highest BCUT2D eigenvalue weighted by molar-refractivity contribution is 5.40. The third kappa shape index (κ3) is 3.21. The van der Waals surface area contributed by atoms with E-state index in [0.717, 1.165) is 50.0 Å². The molecule has 0 spiro atoms. The fourth-order valence-corrected chi connectivity index (χ4v) is 3.11. The zero-order valence-corrected chi connectivity index (χ0v) is 13.4. The molecule has 1 aromatic heterocycles. The van der Waals surface area contributed by atoms with E-state index < -0.39 is 0 Å². The highest BCUT2D eigenvalue weighted by Gasteiger charge is 2.25. The van der Waals surface area contributed by atoms with Crippen LogP contribution >= 0.6 is 0 Å². The largest absolute Gasteiger partial charge is 0.486 e. The Balaban J connectivity index is 1.31. The first-order valence-corrected chi connectivity index (χ1v) is 8.19. The Kier molecular flexibility index (Phi) is 4.08. The van der Waals surface area contributed by atoms with Crippen molar-refractivity contribution in [2.75, 3.05) is 44.2 Å². The molecule has 2 aromatic rings. The normalized spacial score (nSPS) is 20.8. The monoisotopic (exact) mass is 328 g/mol. The lowest BCUT2D eigenvalue weighted by molar-refractivity contribution is 0.0571. The lowest BCUT2D eigenvalue weighted by atomic mass is 10.2. The SMILES string of the molecule is O=c1ccc(N2CCN(CC3COc4ccccc4O3)CC2)n[nH]1. The van der Waals surface area contributed by atoms with E-state index in [9.17, 15) is 4.79 Å². The first-order chi connectivity index (χ1) is 11.8. The topological polar surface area (TPSA) is 70.7 Å². The lowest BCUT2D eigenvalue weighted by Gasteiger charge is -2.37. The summed E-state index contributed by atoms with van der Waals surface area (Å²) in [5, 5.41) is 6.58. The highest BCUT2D eigenvalue weighted by Crippen LogP contribution is 2.31. The van der Waals surface area contributed by atoms with Gasteiger partial charge in [0.1, 0.15) is 18.5 Å². The summed E-state index contributed by atoms with van der Waals surface area (Å²) in [5.74, 6) is 2.47. The molecule has 1 unspecified atom stereocenters. The Bertz CT molecular complexity index is 735. The minimum absolute atomic E-state index is 0.0534. The van der Waals surface area contributed by atoms with Gasteiger partial charge in [-0.05, 0) is 18.2 Å². The molecule has 1 atom stereocenters. The average molecular weight is 328 g/mol. The van der Waals surface area contributed by atoms with Gasteiger partial charge in [0.15, 0.2) is 11.5 Å². The molecule has 2 aliphatic rings. The van der Waals surface area contributed by atoms with Crippen molar-refractivity contribution in [3.63, 3.8) is 0 Å². The van der Waals surface area contributed by atoms with Gasteiger partial charge in [0.2, 0.25) is 0 Å². The molecule has 7 nitrogen and oxygen atoms in total. The van der Waals surface area contributed by atoms with Crippen LogP contribution in [-0.4, -0.2) is 60.5 Å². The summed E-state index contributed by atoms with van der Waals surface area (Å²) in [7, 11) is 0. The predicted octanol–water partition coefficient (Wildman–Crippen LogP) is 0.732. The van der Waals surface area contributed by atoms with Gasteiger partial charge in [0.25, 0.3) is 5.56 Å². The van der Waals surface area contributed by atoms with Crippen LogP contribution < -0.4 is 19.9 Å². The average Bonchev–Trinajstić information content (AvgIpc) is 2.63. The van der Waals surface area contributed by atoms with E-state index in [0.29, 0.717) is 6.61 Å². The van der Waals surface area contributed by atoms with Crippen LogP contribution in [0.5, 0.6) is 11.5 Å². The molecule has 1 fully saturated rings. The third-order valence-electron chi connectivity index (χ3n) is 4.39. The maximum atomic E-state index is 11.1. The number of hydrogen-bond acceptors (Lipinski definition) is 6. The van der Waals surface area contributed by atoms with Gasteiger partial charge in [0.05, 0.1) is 0 Å². The Morgan fingerprint density at radius 2 is 1.88 bits per heavy atom. The summed E-state index contributed by atoms with van der Waals surface area (Å²) < 4.78 is 11.8. The Hall–Kier alpha value is -2.54. The number of benzene rings is 1. The van der Waals surface area contributed by atoms with Gasteiger partial charge in [-0.15, -0.1) is 0 Å². The second kappa shape index (κ2) is 6.52. The fraction of sp³-hybridized carbons (Fsp3) is 0.412. The van der Waals surface area contributed by atoms with Crippen LogP contribution in [0.1, 0.15) is 0 Å². The number of anilines is 1. The molecular formula is C17H20N4O3. The van der Waals surface area contributed by atoms with Crippen LogP contribution in [0.15, 0.2) is 41.2 Å². The number of H-pyrrole nitrogens is 1. The summed E-state index contributed by atoms with van der Waals surface area (Å²) in [5.41, 5.74) is -0.174. The van der Waals surface area contributed by atoms with Crippen molar-refractivity contribution >= 4 is 5.82 Å². The molecule has 0 aliphatic carbocycles. The fourth-order valence-electron chi connectivity index (χ4n) is 3.11. The van der Waals surface area contributed by atoms with E-state index in [2.05, 4.69) is 20.0 Å². The second-order valence-corrected chi connectivity index (χ2v) is 6.06. The predicted molar refractivity (Wildman–Crippen MR) is 89.9 cm³/mol. The molecule has 2 aliphatic heterocycles. The van der Waals surface area contributed by atoms with Crippen LogP contribution in [0.4, 0.5) is 5.82 Å². The number of ether oxygens (including phenoxy) is 2. The molecule has 24 heavy (non-hydrogen) atoms. The highest BCUT2D eigenvalue weighted by atomic mass is 16.6. The summed E-state index contributed by atoms with van der Waals surface area (Å²) in [6, 6.07) is 11.1. The molecule has 1 aromatic carbocycles. The molecule has 126 valence electrons. The van der Waals surface area contributed by atoms with E-state index >= 15 is 0 Å². The van der Waals surface area contributed by atoms with Crippen LogP contribution in [-0.2, 0) is 0 Å². The summed E-state index contributed by atoms with van der Waals surface area (Å²) >= 11 is 0. The minimum Gasteiger partial charge on any atom is -0.486 e. The van der Waals surface area contributed by atoms with E-state index in [1.807, 2.05) is 24.3 Å². The molecule has 0 bridgehead atoms. The molecule has 1 saturated heterocycles. The standard InChI is InChI=1S/C17H20N4O3/c22-17-6-5-16(18-19-17)21-9-7-20(8-10-21)11-13-12-23-14-3-1-2-4-15(14)24-13/h1-6,13H,7-12H2,(H,19,22). The lowest BCUT2D eigenvalue weighted by Crippen LogP contribution is -2.51. The van der Waals surface area contributed by atoms with E-state index in [1.54, 1.807) is 6.07 Å². The minimum atomic E-state index is -0.174. The van der Waals surface area contributed by atoms with Crippen LogP contribution in [0.25, 0.3) is 0 Å². The molecule has 0 saturated carbocycles. The van der Waals surface area contributed by atoms with Gasteiger partial charge in [0, 0.05) is 38.8 Å². The van der Waals surface area contributed by atoms with E-state index in [4.69, 9.17) is 9.47 Å². The van der Waals surface area contributed by atoms with Gasteiger partial charge < -0.3 is 14.4 Å². The van der Waals surface area contributed by atoms with Gasteiger partial charge in [-0.25, -0.2) is 5.10 Å². The Morgan fingerprint density at radius 3 is 2.62 bits per heavy atom. The molecule has 0 amide bonds. The molecule has 7 heteroatoms. The summed E-state index contributed by atoms with van der Waals surface area (Å²) in [6.45, 7) is 5.05. The quantitative estimate of drug-likeness (QED) is 0.896. The number of aromatic amines is 1. The van der Waals surface area contributed by atoms with E-state index in [1.165, 1.54) is 6.07 Å². The molecule has 1 N–H and O–H groups in total. The number of piperazine rings is 1. The molecule has 4 rings (SSSR count). The van der Waals surface area contributed by atoms with E-state index in [-0.39, 0.29) is 11.7 Å². The van der Waals surface area contributed by atoms with Crippen LogP contribution in [0.2, 0.25) is 0 Å². The Morgan fingerprint density at radius 1 is 1.08 bits per heavy atom. The molecule has 3 heterocycles. The van der Waals surface area contributed by atoms with Gasteiger partial charge in [-0.1, -0.05) is 12.1 Å². The maximum Gasteiger partial charge on any atom is 0.264 e. The first kappa shape index (κ1) is 15.0. The van der Waals surface area contributed by atoms with Crippen molar-refractivity contribution in [1.82, 2.24) is 15.1 Å². The summed E-state index contributed by atoms with van der Waals surface area (Å²) in [6.07, 6.45) is 0.0534. The second-order valence-electron chi connectivity index (χ2n) is 6.06. The van der Waals surface area contributed by atoms with Gasteiger partial charge >= 0.3 is 0 Å². The van der Waals surface area contributed by atoms with Crippen molar-refractivity contribution in [2.45, 2.75) is 6.10 Å². The van der Waals surface area contributed by atoms with Crippen LogP contribution in [0, 0.1) is 0 Å². The summed E-state index contributed by atoms with van der Waals surface area (Å²) in [4.78, 5) is 15.7. The Labute approximate surface area is 139 Å². The maximum absolute atomic E-state index is 11.1. The number of aromatic nitrogens is 2. The number of hydrogen-bond donors (Lipinski definition) is 1. The van der Waals surface area contributed by atoms with Gasteiger partial charge in [-0.2, -0.15) is 5.10 Å². The van der Waals surface area contributed by atoms with Crippen molar-refractivity contribution in [2.24, 2.45) is 0 Å². The molecular weight excluding hydrogens is 308 g/mol. The number of nitrogens with zero attached hydrogens (tertiary/aromatic N) is 3. The van der Waals surface area contributed by atoms with Gasteiger partial charge in [-0.3, -0.25) is 9.69 Å². The van der Waals surface area contributed by atoms with Crippen molar-refractivity contribution in [1.29, 1.82) is 0 Å². The smallest absolute Gasteiger partial charge is 0.264 e. The number of nitrogens with one attached hydrogen (secondary N) is 1. The number of rotatable bonds is 3. The third-order valence-corrected chi connectivity index (χ3v) is 4.39. The zero-order valence-electron chi connectivity index (χ0n) is 13.4. The number of para-hydroxylation sites is 2. The van der Waals surface area contributed by atoms with Crippen molar-refractivity contribution in [3.8, 4) is 11.5 Å². The van der Waals surface area contributed by atoms with Crippen molar-refractivity contribution < 1.29 is 9.47 Å². The molecule has 0 radical (unpaired) electrons. The van der Waals surface area contributed by atoms with Crippen LogP contribution in [0.3, 0.4) is 0 Å². The first-order valence-electron chi connectivity index (χ1n) is 8.19. The van der Waals surface area contributed by atoms with Crippen molar-refractivity contribution in [3.05, 3.63) is 46.8 Å². The number of fused-ring (bicyclic) bond motifs is 1.